The van der Waals surface area contributed by atoms with Crippen molar-refractivity contribution in [1.82, 2.24) is 5.32 Å². The number of benzene rings is 1. The quantitative estimate of drug-likeness (QED) is 0.762. The average Bonchev–Trinajstić information content (AvgIpc) is 2.97. The molecule has 0 spiro atoms. The van der Waals surface area contributed by atoms with Gasteiger partial charge in [0, 0.05) is 17.0 Å². The first-order chi connectivity index (χ1) is 9.79. The fourth-order valence-corrected chi connectivity index (χ4v) is 4.18. The number of rotatable bonds is 8. The molecule has 0 aliphatic heterocycles. The van der Waals surface area contributed by atoms with E-state index in [0.29, 0.717) is 6.04 Å². The zero-order chi connectivity index (χ0) is 14.2. The average molecular weight is 295 g/mol. The molecule has 1 N–H and O–H groups in total. The molecule has 1 unspecified atom stereocenters. The van der Waals surface area contributed by atoms with Crippen molar-refractivity contribution in [3.8, 4) is 0 Å². The van der Waals surface area contributed by atoms with Gasteiger partial charge >= 0.3 is 0 Å². The van der Waals surface area contributed by atoms with Gasteiger partial charge in [-0.25, -0.2) is 4.39 Å². The Kier molecular flexibility index (Phi) is 6.88. The third-order valence-corrected chi connectivity index (χ3v) is 5.48. The van der Waals surface area contributed by atoms with Gasteiger partial charge in [-0.1, -0.05) is 38.0 Å². The number of nitrogens with one attached hydrogen (secondary N) is 1. The largest absolute Gasteiger partial charge is 0.313 e. The summed E-state index contributed by atoms with van der Waals surface area (Å²) in [6.07, 6.45) is 7.43. The molecule has 1 aromatic carbocycles. The van der Waals surface area contributed by atoms with Crippen LogP contribution in [0.1, 0.15) is 44.6 Å². The monoisotopic (exact) mass is 295 g/mol. The molecular formula is C17H26FNS. The molecule has 1 atom stereocenters. The Morgan fingerprint density at radius 2 is 2.05 bits per heavy atom. The molecule has 112 valence electrons. The molecule has 0 heterocycles. The second-order valence-corrected chi connectivity index (χ2v) is 7.02. The van der Waals surface area contributed by atoms with Gasteiger partial charge in [0.05, 0.1) is 0 Å². The Morgan fingerprint density at radius 3 is 2.75 bits per heavy atom. The zero-order valence-electron chi connectivity index (χ0n) is 12.4. The Hall–Kier alpha value is -0.540. The highest BCUT2D eigenvalue weighted by Crippen LogP contribution is 2.30. The maximum absolute atomic E-state index is 13.8. The van der Waals surface area contributed by atoms with Crippen LogP contribution in [0.3, 0.4) is 0 Å². The first-order valence-electron chi connectivity index (χ1n) is 7.88. The molecule has 2 rings (SSSR count). The van der Waals surface area contributed by atoms with Crippen LogP contribution in [-0.2, 0) is 6.42 Å². The van der Waals surface area contributed by atoms with Crippen LogP contribution in [0.2, 0.25) is 0 Å². The molecule has 0 bridgehead atoms. The first-order valence-corrected chi connectivity index (χ1v) is 8.93. The van der Waals surface area contributed by atoms with Crippen LogP contribution in [0.15, 0.2) is 24.3 Å². The summed E-state index contributed by atoms with van der Waals surface area (Å²) < 4.78 is 13.8. The van der Waals surface area contributed by atoms with Crippen molar-refractivity contribution in [1.29, 1.82) is 0 Å². The lowest BCUT2D eigenvalue weighted by atomic mass is 10.1. The fourth-order valence-electron chi connectivity index (χ4n) is 2.78. The van der Waals surface area contributed by atoms with Crippen molar-refractivity contribution in [2.75, 3.05) is 12.3 Å². The lowest BCUT2D eigenvalue weighted by molar-refractivity contribution is 0.530. The summed E-state index contributed by atoms with van der Waals surface area (Å²) >= 11 is 2.08. The lowest BCUT2D eigenvalue weighted by Gasteiger charge is -2.20. The Morgan fingerprint density at radius 1 is 1.30 bits per heavy atom. The molecular weight excluding hydrogens is 269 g/mol. The maximum atomic E-state index is 13.8. The number of thioether (sulfide) groups is 1. The third-order valence-electron chi connectivity index (χ3n) is 3.94. The third kappa shape index (κ3) is 5.10. The van der Waals surface area contributed by atoms with Gasteiger partial charge in [-0.3, -0.25) is 0 Å². The highest BCUT2D eigenvalue weighted by atomic mass is 32.2. The summed E-state index contributed by atoms with van der Waals surface area (Å²) in [5.74, 6) is 1.03. The van der Waals surface area contributed by atoms with E-state index in [0.717, 1.165) is 36.0 Å². The number of hydrogen-bond donors (Lipinski definition) is 1. The predicted molar refractivity (Wildman–Crippen MR) is 86.9 cm³/mol. The maximum Gasteiger partial charge on any atom is 0.126 e. The topological polar surface area (TPSA) is 12.0 Å². The van der Waals surface area contributed by atoms with Crippen molar-refractivity contribution in [2.24, 2.45) is 0 Å². The summed E-state index contributed by atoms with van der Waals surface area (Å²) in [6.45, 7) is 3.20. The Labute approximate surface area is 126 Å². The molecule has 0 amide bonds. The van der Waals surface area contributed by atoms with Gasteiger partial charge in [0.2, 0.25) is 0 Å². The van der Waals surface area contributed by atoms with Crippen LogP contribution in [-0.4, -0.2) is 23.6 Å². The smallest absolute Gasteiger partial charge is 0.126 e. The molecule has 1 aromatic rings. The van der Waals surface area contributed by atoms with Crippen LogP contribution in [0.25, 0.3) is 0 Å². The molecule has 3 heteroatoms. The van der Waals surface area contributed by atoms with Gasteiger partial charge in [-0.2, -0.15) is 11.8 Å². The standard InChI is InChI=1S/C17H26FNS/c1-2-11-19-15(13-20-16-8-4-5-9-16)12-14-7-3-6-10-17(14)18/h3,6-7,10,15-16,19H,2,4-5,8-9,11-13H2,1H3. The summed E-state index contributed by atoms with van der Waals surface area (Å²) in [5, 5.41) is 4.42. The summed E-state index contributed by atoms with van der Waals surface area (Å²) in [5.41, 5.74) is 0.841. The van der Waals surface area contributed by atoms with Crippen LogP contribution < -0.4 is 5.32 Å². The van der Waals surface area contributed by atoms with Crippen LogP contribution in [0.5, 0.6) is 0 Å². The summed E-state index contributed by atoms with van der Waals surface area (Å²) in [4.78, 5) is 0. The summed E-state index contributed by atoms with van der Waals surface area (Å²) in [7, 11) is 0. The van der Waals surface area contributed by atoms with Crippen molar-refractivity contribution in [3.05, 3.63) is 35.6 Å². The van der Waals surface area contributed by atoms with Crippen LogP contribution >= 0.6 is 11.8 Å². The highest BCUT2D eigenvalue weighted by Gasteiger charge is 2.18. The molecule has 1 nitrogen and oxygen atoms in total. The normalized spacial score (nSPS) is 17.5. The SMILES string of the molecule is CCCNC(CSC1CCCC1)Cc1ccccc1F. The fraction of sp³-hybridized carbons (Fsp3) is 0.647. The minimum absolute atomic E-state index is 0.0679. The Bertz CT molecular complexity index is 390. The predicted octanol–water partition coefficient (Wildman–Crippen LogP) is 4.41. The summed E-state index contributed by atoms with van der Waals surface area (Å²) in [6, 6.07) is 7.56. The molecule has 0 radical (unpaired) electrons. The number of hydrogen-bond acceptors (Lipinski definition) is 2. The van der Waals surface area contributed by atoms with Crippen molar-refractivity contribution >= 4 is 11.8 Å². The molecule has 20 heavy (non-hydrogen) atoms. The van der Waals surface area contributed by atoms with E-state index in [1.54, 1.807) is 12.1 Å². The van der Waals surface area contributed by atoms with E-state index in [1.807, 2.05) is 12.1 Å². The highest BCUT2D eigenvalue weighted by molar-refractivity contribution is 7.99. The van der Waals surface area contributed by atoms with Crippen molar-refractivity contribution in [3.63, 3.8) is 0 Å². The van der Waals surface area contributed by atoms with E-state index in [-0.39, 0.29) is 5.82 Å². The molecule has 0 saturated heterocycles. The van der Waals surface area contributed by atoms with E-state index in [4.69, 9.17) is 0 Å². The van der Waals surface area contributed by atoms with E-state index < -0.39 is 0 Å². The van der Waals surface area contributed by atoms with Crippen LogP contribution in [0, 0.1) is 5.82 Å². The first kappa shape index (κ1) is 15.8. The van der Waals surface area contributed by atoms with Gasteiger partial charge in [0.25, 0.3) is 0 Å². The molecule has 1 aliphatic rings. The lowest BCUT2D eigenvalue weighted by Crippen LogP contribution is -2.34. The minimum atomic E-state index is -0.0679. The molecule has 0 aromatic heterocycles. The van der Waals surface area contributed by atoms with Crippen molar-refractivity contribution < 1.29 is 4.39 Å². The van der Waals surface area contributed by atoms with Crippen LogP contribution in [0.4, 0.5) is 4.39 Å². The van der Waals surface area contributed by atoms with E-state index in [1.165, 1.54) is 25.7 Å². The minimum Gasteiger partial charge on any atom is -0.313 e. The van der Waals surface area contributed by atoms with Gasteiger partial charge in [-0.05, 0) is 43.9 Å². The molecule has 1 fully saturated rings. The van der Waals surface area contributed by atoms with Gasteiger partial charge in [0.15, 0.2) is 0 Å². The van der Waals surface area contributed by atoms with E-state index in [2.05, 4.69) is 24.0 Å². The Balaban J connectivity index is 1.87. The van der Waals surface area contributed by atoms with Gasteiger partial charge < -0.3 is 5.32 Å². The molecule has 1 saturated carbocycles. The number of halogens is 1. The van der Waals surface area contributed by atoms with Gasteiger partial charge in [-0.15, -0.1) is 0 Å². The van der Waals surface area contributed by atoms with Crippen molar-refractivity contribution in [2.45, 2.75) is 56.7 Å². The van der Waals surface area contributed by atoms with E-state index >= 15 is 0 Å². The second kappa shape index (κ2) is 8.68. The zero-order valence-corrected chi connectivity index (χ0v) is 13.2. The van der Waals surface area contributed by atoms with E-state index in [9.17, 15) is 4.39 Å². The molecule has 1 aliphatic carbocycles. The second-order valence-electron chi connectivity index (χ2n) is 5.69. The van der Waals surface area contributed by atoms with Gasteiger partial charge in [0.1, 0.15) is 5.82 Å².